The van der Waals surface area contributed by atoms with Crippen LogP contribution in [0.5, 0.6) is 0 Å². The number of furan rings is 1. The molecule has 1 aromatic rings. The van der Waals surface area contributed by atoms with E-state index in [0.717, 1.165) is 0 Å². The molecule has 24 heavy (non-hydrogen) atoms. The number of esters is 1. The van der Waals surface area contributed by atoms with E-state index in [0.29, 0.717) is 50.5 Å². The standard InChI is InChI=1S/C16H21N3O5/c1-23-15(21)4-2-3-6-18-16(22)12-5-9-24-13(12)10-19-8-7-17-14(20)11-19/h2,4-5,9H,3,6-8,10-11H2,1H3,(H,17,20)(H,18,22)/b4-2+. The molecule has 2 amide bonds. The molecule has 0 saturated carbocycles. The fourth-order valence-corrected chi connectivity index (χ4v) is 2.31. The number of hydrogen-bond acceptors (Lipinski definition) is 6. The summed E-state index contributed by atoms with van der Waals surface area (Å²) in [4.78, 5) is 36.4. The first-order valence-electron chi connectivity index (χ1n) is 7.68. The average molecular weight is 335 g/mol. The minimum absolute atomic E-state index is 0.0313. The van der Waals surface area contributed by atoms with Gasteiger partial charge in [0.1, 0.15) is 5.76 Å². The number of carbonyl (C=O) groups excluding carboxylic acids is 3. The molecule has 130 valence electrons. The predicted molar refractivity (Wildman–Crippen MR) is 85.1 cm³/mol. The Labute approximate surface area is 139 Å². The fraction of sp³-hybridized carbons (Fsp3) is 0.438. The zero-order valence-corrected chi connectivity index (χ0v) is 13.5. The monoisotopic (exact) mass is 335 g/mol. The summed E-state index contributed by atoms with van der Waals surface area (Å²) in [6.07, 6.45) is 4.93. The molecule has 8 nitrogen and oxygen atoms in total. The van der Waals surface area contributed by atoms with Crippen molar-refractivity contribution in [2.75, 3.05) is 33.3 Å². The van der Waals surface area contributed by atoms with Crippen LogP contribution in [0.25, 0.3) is 0 Å². The second-order valence-electron chi connectivity index (χ2n) is 5.29. The van der Waals surface area contributed by atoms with Crippen molar-refractivity contribution in [3.05, 3.63) is 35.8 Å². The maximum absolute atomic E-state index is 12.2. The van der Waals surface area contributed by atoms with Gasteiger partial charge in [0.05, 0.1) is 32.0 Å². The van der Waals surface area contributed by atoms with Crippen LogP contribution in [0, 0.1) is 0 Å². The van der Waals surface area contributed by atoms with Gasteiger partial charge < -0.3 is 19.8 Å². The largest absolute Gasteiger partial charge is 0.467 e. The molecule has 0 radical (unpaired) electrons. The van der Waals surface area contributed by atoms with Crippen LogP contribution in [0.4, 0.5) is 0 Å². The minimum atomic E-state index is -0.427. The fourth-order valence-electron chi connectivity index (χ4n) is 2.31. The number of piperazine rings is 1. The lowest BCUT2D eigenvalue weighted by molar-refractivity contribution is -0.134. The smallest absolute Gasteiger partial charge is 0.330 e. The highest BCUT2D eigenvalue weighted by molar-refractivity contribution is 5.95. The quantitative estimate of drug-likeness (QED) is 0.415. The molecule has 0 spiro atoms. The number of rotatable bonds is 7. The van der Waals surface area contributed by atoms with Gasteiger partial charge in [0, 0.05) is 25.7 Å². The Morgan fingerprint density at radius 3 is 3.08 bits per heavy atom. The van der Waals surface area contributed by atoms with Crippen molar-refractivity contribution in [3.63, 3.8) is 0 Å². The predicted octanol–water partition coefficient (Wildman–Crippen LogP) is 0.0605. The van der Waals surface area contributed by atoms with Crippen molar-refractivity contribution >= 4 is 17.8 Å². The highest BCUT2D eigenvalue weighted by Gasteiger charge is 2.21. The molecule has 2 N–H and O–H groups in total. The molecule has 0 bridgehead atoms. The lowest BCUT2D eigenvalue weighted by Gasteiger charge is -2.25. The summed E-state index contributed by atoms with van der Waals surface area (Å²) in [5, 5.41) is 5.51. The highest BCUT2D eigenvalue weighted by Crippen LogP contribution is 2.14. The Morgan fingerprint density at radius 1 is 1.50 bits per heavy atom. The summed E-state index contributed by atoms with van der Waals surface area (Å²) < 4.78 is 9.86. The molecule has 1 saturated heterocycles. The van der Waals surface area contributed by atoms with Crippen LogP contribution in [0.1, 0.15) is 22.5 Å². The zero-order valence-electron chi connectivity index (χ0n) is 13.5. The summed E-state index contributed by atoms with van der Waals surface area (Å²) in [5.41, 5.74) is 0.456. The van der Waals surface area contributed by atoms with Gasteiger partial charge in [-0.15, -0.1) is 0 Å². The Bertz CT molecular complexity index is 623. The van der Waals surface area contributed by atoms with Gasteiger partial charge in [-0.2, -0.15) is 0 Å². The summed E-state index contributed by atoms with van der Waals surface area (Å²) in [7, 11) is 1.31. The SMILES string of the molecule is COC(=O)/C=C/CCNC(=O)c1ccoc1CN1CCNC(=O)C1. The van der Waals surface area contributed by atoms with Gasteiger partial charge >= 0.3 is 5.97 Å². The first-order chi connectivity index (χ1) is 11.6. The van der Waals surface area contributed by atoms with Crippen molar-refractivity contribution in [1.29, 1.82) is 0 Å². The number of nitrogens with one attached hydrogen (secondary N) is 2. The lowest BCUT2D eigenvalue weighted by Crippen LogP contribution is -2.47. The molecular weight excluding hydrogens is 314 g/mol. The van der Waals surface area contributed by atoms with Crippen molar-refractivity contribution in [3.8, 4) is 0 Å². The summed E-state index contributed by atoms with van der Waals surface area (Å²) >= 11 is 0. The van der Waals surface area contributed by atoms with E-state index in [4.69, 9.17) is 4.42 Å². The molecule has 1 aromatic heterocycles. The lowest BCUT2D eigenvalue weighted by atomic mass is 10.2. The Kier molecular flexibility index (Phi) is 6.56. The second kappa shape index (κ2) is 8.88. The van der Waals surface area contributed by atoms with Crippen LogP contribution in [0.2, 0.25) is 0 Å². The van der Waals surface area contributed by atoms with Gasteiger partial charge in [0.25, 0.3) is 5.91 Å². The molecule has 1 fully saturated rings. The first-order valence-corrected chi connectivity index (χ1v) is 7.68. The number of hydrogen-bond donors (Lipinski definition) is 2. The van der Waals surface area contributed by atoms with Gasteiger partial charge in [-0.1, -0.05) is 6.08 Å². The van der Waals surface area contributed by atoms with Crippen molar-refractivity contribution < 1.29 is 23.5 Å². The van der Waals surface area contributed by atoms with Crippen molar-refractivity contribution in [1.82, 2.24) is 15.5 Å². The number of nitrogens with zero attached hydrogens (tertiary/aromatic N) is 1. The molecule has 1 aliphatic rings. The van der Waals surface area contributed by atoms with Crippen molar-refractivity contribution in [2.24, 2.45) is 0 Å². The van der Waals surface area contributed by atoms with Crippen LogP contribution < -0.4 is 10.6 Å². The second-order valence-corrected chi connectivity index (χ2v) is 5.29. The summed E-state index contributed by atoms with van der Waals surface area (Å²) in [6, 6.07) is 1.61. The molecule has 8 heteroatoms. The molecule has 2 heterocycles. The van der Waals surface area contributed by atoms with Crippen molar-refractivity contribution in [2.45, 2.75) is 13.0 Å². The number of carbonyl (C=O) groups is 3. The van der Waals surface area contributed by atoms with Crippen LogP contribution in [0.15, 0.2) is 28.9 Å². The number of amides is 2. The van der Waals surface area contributed by atoms with E-state index in [1.807, 2.05) is 4.90 Å². The van der Waals surface area contributed by atoms with Crippen LogP contribution in [-0.4, -0.2) is 56.0 Å². The van der Waals surface area contributed by atoms with E-state index in [1.165, 1.54) is 19.4 Å². The van der Waals surface area contributed by atoms with Crippen LogP contribution >= 0.6 is 0 Å². The molecular formula is C16H21N3O5. The molecule has 1 aliphatic heterocycles. The van der Waals surface area contributed by atoms with Gasteiger partial charge in [-0.25, -0.2) is 4.79 Å². The van der Waals surface area contributed by atoms with E-state index < -0.39 is 5.97 Å². The minimum Gasteiger partial charge on any atom is -0.467 e. The van der Waals surface area contributed by atoms with Gasteiger partial charge in [-0.05, 0) is 12.5 Å². The van der Waals surface area contributed by atoms with E-state index in [1.54, 1.807) is 12.1 Å². The van der Waals surface area contributed by atoms with Crippen LogP contribution in [-0.2, 0) is 20.9 Å². The zero-order chi connectivity index (χ0) is 17.4. The Balaban J connectivity index is 1.82. The topological polar surface area (TPSA) is 101 Å². The molecule has 0 aliphatic carbocycles. The average Bonchev–Trinajstić information content (AvgIpc) is 3.02. The van der Waals surface area contributed by atoms with E-state index in [-0.39, 0.29) is 11.8 Å². The first kappa shape index (κ1) is 17.7. The van der Waals surface area contributed by atoms with E-state index in [2.05, 4.69) is 15.4 Å². The third-order valence-corrected chi connectivity index (χ3v) is 3.53. The van der Waals surface area contributed by atoms with Gasteiger partial charge in [0.2, 0.25) is 5.91 Å². The summed E-state index contributed by atoms with van der Waals surface area (Å²) in [5.74, 6) is -0.167. The van der Waals surface area contributed by atoms with E-state index in [9.17, 15) is 14.4 Å². The summed E-state index contributed by atoms with van der Waals surface area (Å²) in [6.45, 7) is 2.40. The number of methoxy groups -OCH3 is 1. The van der Waals surface area contributed by atoms with Crippen LogP contribution in [0.3, 0.4) is 0 Å². The Hall–Kier alpha value is -2.61. The van der Waals surface area contributed by atoms with E-state index >= 15 is 0 Å². The molecule has 0 aromatic carbocycles. The maximum Gasteiger partial charge on any atom is 0.330 e. The maximum atomic E-state index is 12.2. The van der Waals surface area contributed by atoms with Gasteiger partial charge in [0.15, 0.2) is 0 Å². The number of ether oxygens (including phenoxy) is 1. The molecule has 2 rings (SSSR count). The van der Waals surface area contributed by atoms with Gasteiger partial charge in [-0.3, -0.25) is 14.5 Å². The third kappa shape index (κ3) is 5.24. The molecule has 0 unspecified atom stereocenters. The molecule has 0 atom stereocenters. The normalized spacial score (nSPS) is 15.3. The highest BCUT2D eigenvalue weighted by atomic mass is 16.5. The Morgan fingerprint density at radius 2 is 2.33 bits per heavy atom. The third-order valence-electron chi connectivity index (χ3n) is 3.53.